The number of nitrogens with one attached hydrogen (secondary N) is 1. The second-order valence-corrected chi connectivity index (χ2v) is 7.35. The van der Waals surface area contributed by atoms with Crippen molar-refractivity contribution < 1.29 is 23.9 Å². The molecule has 2 saturated heterocycles. The van der Waals surface area contributed by atoms with E-state index in [1.54, 1.807) is 11.8 Å². The van der Waals surface area contributed by atoms with Crippen molar-refractivity contribution in [2.75, 3.05) is 46.5 Å². The van der Waals surface area contributed by atoms with E-state index in [0.717, 1.165) is 12.8 Å². The van der Waals surface area contributed by atoms with Crippen LogP contribution in [0.4, 0.5) is 0 Å². The molecular formula is C20H29N3O5. The number of H-pyrrole nitrogens is 1. The zero-order chi connectivity index (χ0) is 20.3. The first kappa shape index (κ1) is 20.4. The standard InChI is InChI=1S/C20H29N3O5/c1-4-15-16(20(26)27-3)13(2)17(21-15)19(25)23-7-5-6-14(12-23)18(24)22-8-10-28-11-9-22/h14,21H,4-12H2,1-3H3. The van der Waals surface area contributed by atoms with Crippen LogP contribution in [0.5, 0.6) is 0 Å². The van der Waals surface area contributed by atoms with Gasteiger partial charge in [0.2, 0.25) is 5.91 Å². The van der Waals surface area contributed by atoms with Crippen LogP contribution in [-0.2, 0) is 20.7 Å². The Bertz CT molecular complexity index is 751. The molecule has 154 valence electrons. The smallest absolute Gasteiger partial charge is 0.339 e. The van der Waals surface area contributed by atoms with Crippen molar-refractivity contribution in [1.82, 2.24) is 14.8 Å². The number of nitrogens with zero attached hydrogens (tertiary/aromatic N) is 2. The number of carbonyl (C=O) groups is 3. The molecule has 28 heavy (non-hydrogen) atoms. The molecule has 1 N–H and O–H groups in total. The Hall–Kier alpha value is -2.35. The number of amides is 2. The van der Waals surface area contributed by atoms with Gasteiger partial charge < -0.3 is 24.3 Å². The quantitative estimate of drug-likeness (QED) is 0.783. The first-order chi connectivity index (χ1) is 13.5. The van der Waals surface area contributed by atoms with E-state index in [1.165, 1.54) is 7.11 Å². The van der Waals surface area contributed by atoms with E-state index < -0.39 is 5.97 Å². The molecule has 0 saturated carbocycles. The number of aromatic amines is 1. The van der Waals surface area contributed by atoms with Gasteiger partial charge in [0.05, 0.1) is 31.8 Å². The van der Waals surface area contributed by atoms with Crippen LogP contribution in [0.15, 0.2) is 0 Å². The third kappa shape index (κ3) is 3.92. The lowest BCUT2D eigenvalue weighted by atomic mass is 9.95. The summed E-state index contributed by atoms with van der Waals surface area (Å²) in [4.78, 5) is 44.8. The van der Waals surface area contributed by atoms with Crippen LogP contribution in [0.3, 0.4) is 0 Å². The highest BCUT2D eigenvalue weighted by Gasteiger charge is 2.34. The molecular weight excluding hydrogens is 362 g/mol. The van der Waals surface area contributed by atoms with Crippen molar-refractivity contribution in [3.05, 3.63) is 22.5 Å². The number of esters is 1. The summed E-state index contributed by atoms with van der Waals surface area (Å²) >= 11 is 0. The van der Waals surface area contributed by atoms with Crippen molar-refractivity contribution in [1.29, 1.82) is 0 Å². The average molecular weight is 391 g/mol. The highest BCUT2D eigenvalue weighted by Crippen LogP contribution is 2.25. The van der Waals surface area contributed by atoms with Gasteiger partial charge in [-0.15, -0.1) is 0 Å². The highest BCUT2D eigenvalue weighted by atomic mass is 16.5. The van der Waals surface area contributed by atoms with Gasteiger partial charge >= 0.3 is 5.97 Å². The second-order valence-electron chi connectivity index (χ2n) is 7.35. The van der Waals surface area contributed by atoms with Crippen LogP contribution in [0.1, 0.15) is 51.9 Å². The molecule has 2 aliphatic rings. The van der Waals surface area contributed by atoms with Crippen molar-refractivity contribution in [2.24, 2.45) is 5.92 Å². The van der Waals surface area contributed by atoms with Crippen molar-refractivity contribution in [3.63, 3.8) is 0 Å². The van der Waals surface area contributed by atoms with E-state index in [2.05, 4.69) is 4.98 Å². The summed E-state index contributed by atoms with van der Waals surface area (Å²) in [6, 6.07) is 0. The van der Waals surface area contributed by atoms with Gasteiger partial charge in [-0.3, -0.25) is 9.59 Å². The zero-order valence-electron chi connectivity index (χ0n) is 16.9. The minimum Gasteiger partial charge on any atom is -0.465 e. The maximum Gasteiger partial charge on any atom is 0.339 e. The average Bonchev–Trinajstić information content (AvgIpc) is 3.09. The lowest BCUT2D eigenvalue weighted by molar-refractivity contribution is -0.141. The van der Waals surface area contributed by atoms with E-state index in [-0.39, 0.29) is 17.7 Å². The van der Waals surface area contributed by atoms with E-state index in [4.69, 9.17) is 9.47 Å². The maximum atomic E-state index is 13.2. The van der Waals surface area contributed by atoms with E-state index >= 15 is 0 Å². The maximum absolute atomic E-state index is 13.2. The molecule has 2 amide bonds. The van der Waals surface area contributed by atoms with E-state index in [1.807, 2.05) is 11.8 Å². The molecule has 3 rings (SSSR count). The fourth-order valence-electron chi connectivity index (χ4n) is 4.08. The Labute approximate surface area is 165 Å². The van der Waals surface area contributed by atoms with E-state index in [0.29, 0.717) is 68.3 Å². The molecule has 0 radical (unpaired) electrons. The van der Waals surface area contributed by atoms with Gasteiger partial charge in [0.25, 0.3) is 5.91 Å². The molecule has 0 aromatic carbocycles. The molecule has 2 aliphatic heterocycles. The molecule has 2 fully saturated rings. The van der Waals surface area contributed by atoms with Crippen molar-refractivity contribution >= 4 is 17.8 Å². The number of hydrogen-bond acceptors (Lipinski definition) is 5. The minimum atomic E-state index is -0.441. The van der Waals surface area contributed by atoms with Gasteiger partial charge in [-0.25, -0.2) is 4.79 Å². The SMILES string of the molecule is CCc1[nH]c(C(=O)N2CCCC(C(=O)N3CCOCC3)C2)c(C)c1C(=O)OC. The first-order valence-electron chi connectivity index (χ1n) is 9.93. The summed E-state index contributed by atoms with van der Waals surface area (Å²) in [5, 5.41) is 0. The Morgan fingerprint density at radius 2 is 1.89 bits per heavy atom. The fourth-order valence-corrected chi connectivity index (χ4v) is 4.08. The fraction of sp³-hybridized carbons (Fsp3) is 0.650. The third-order valence-electron chi connectivity index (χ3n) is 5.67. The number of likely N-dealkylation sites (tertiary alicyclic amines) is 1. The van der Waals surface area contributed by atoms with Gasteiger partial charge in [0, 0.05) is 31.9 Å². The van der Waals surface area contributed by atoms with Gasteiger partial charge in [0.15, 0.2) is 0 Å². The Kier molecular flexibility index (Phi) is 6.39. The molecule has 1 aromatic rings. The van der Waals surface area contributed by atoms with Crippen molar-refractivity contribution in [2.45, 2.75) is 33.1 Å². The summed E-state index contributed by atoms with van der Waals surface area (Å²) in [6.07, 6.45) is 2.17. The number of rotatable bonds is 4. The summed E-state index contributed by atoms with van der Waals surface area (Å²) in [7, 11) is 1.34. The molecule has 1 aromatic heterocycles. The Morgan fingerprint density at radius 1 is 1.18 bits per heavy atom. The number of aryl methyl sites for hydroxylation is 1. The van der Waals surface area contributed by atoms with Gasteiger partial charge in [-0.05, 0) is 31.7 Å². The number of aromatic nitrogens is 1. The van der Waals surface area contributed by atoms with Gasteiger partial charge in [-0.1, -0.05) is 6.92 Å². The van der Waals surface area contributed by atoms with Crippen LogP contribution >= 0.6 is 0 Å². The summed E-state index contributed by atoms with van der Waals surface area (Å²) < 4.78 is 10.2. The first-order valence-corrected chi connectivity index (χ1v) is 9.93. The lowest BCUT2D eigenvalue weighted by Crippen LogP contribution is -2.49. The number of piperidine rings is 1. The molecule has 3 heterocycles. The normalized spacial score (nSPS) is 20.2. The topological polar surface area (TPSA) is 91.9 Å². The molecule has 0 aliphatic carbocycles. The van der Waals surface area contributed by atoms with Crippen LogP contribution in [0.2, 0.25) is 0 Å². The summed E-state index contributed by atoms with van der Waals surface area (Å²) in [5.74, 6) is -0.684. The third-order valence-corrected chi connectivity index (χ3v) is 5.67. The van der Waals surface area contributed by atoms with Crippen LogP contribution in [0.25, 0.3) is 0 Å². The number of morpholine rings is 1. The zero-order valence-corrected chi connectivity index (χ0v) is 16.9. The molecule has 8 nitrogen and oxygen atoms in total. The van der Waals surface area contributed by atoms with E-state index in [9.17, 15) is 14.4 Å². The van der Waals surface area contributed by atoms with Crippen LogP contribution < -0.4 is 0 Å². The number of hydrogen-bond donors (Lipinski definition) is 1. The summed E-state index contributed by atoms with van der Waals surface area (Å²) in [5.41, 5.74) is 2.16. The van der Waals surface area contributed by atoms with Gasteiger partial charge in [0.1, 0.15) is 5.69 Å². The monoisotopic (exact) mass is 391 g/mol. The van der Waals surface area contributed by atoms with Crippen molar-refractivity contribution in [3.8, 4) is 0 Å². The molecule has 0 spiro atoms. The molecule has 0 bridgehead atoms. The minimum absolute atomic E-state index is 0.105. The number of carbonyl (C=O) groups excluding carboxylic acids is 3. The van der Waals surface area contributed by atoms with Crippen LogP contribution in [0, 0.1) is 12.8 Å². The molecule has 1 unspecified atom stereocenters. The summed E-state index contributed by atoms with van der Waals surface area (Å²) in [6.45, 7) is 7.06. The Balaban J connectivity index is 1.76. The molecule has 8 heteroatoms. The number of ether oxygens (including phenoxy) is 2. The second kappa shape index (κ2) is 8.77. The largest absolute Gasteiger partial charge is 0.465 e. The number of methoxy groups -OCH3 is 1. The lowest BCUT2D eigenvalue weighted by Gasteiger charge is -2.36. The molecule has 1 atom stereocenters. The predicted octanol–water partition coefficient (Wildman–Crippen LogP) is 1.38. The van der Waals surface area contributed by atoms with Crippen LogP contribution in [-0.4, -0.2) is 79.1 Å². The highest BCUT2D eigenvalue weighted by molar-refractivity contribution is 6.00. The predicted molar refractivity (Wildman–Crippen MR) is 102 cm³/mol. The van der Waals surface area contributed by atoms with Gasteiger partial charge in [-0.2, -0.15) is 0 Å². The Morgan fingerprint density at radius 3 is 2.54 bits per heavy atom.